The number of halogens is 2. The maximum Gasteiger partial charge on any atom is 0 e. The predicted molar refractivity (Wildman–Crippen MR) is 108 cm³/mol. The van der Waals surface area contributed by atoms with E-state index in [1.807, 2.05) is 30.5 Å². The molecule has 0 saturated carbocycles. The first-order chi connectivity index (χ1) is 6.73. The van der Waals surface area contributed by atoms with Crippen LogP contribution in [0, 0.1) is 55.3 Å². The monoisotopic (exact) mass is 383 g/mol. The molecule has 1 aliphatic carbocycles. The van der Waals surface area contributed by atoms with Crippen LogP contribution in [0.3, 0.4) is 0 Å². The van der Waals surface area contributed by atoms with E-state index in [0.717, 1.165) is 6.42 Å². The van der Waals surface area contributed by atoms with Gasteiger partial charge in [-0.05, 0) is 0 Å². The SMILES string of the molecule is C[C-](C)C.Cl.Cl.[C-]1=CC=CC1.[CH3-].[CH3-].[CH3-].[CH3-].[CH3-].[Ti].[c-]1ccc[nH]1. The van der Waals surface area contributed by atoms with Crippen LogP contribution >= 0.6 is 24.8 Å². The van der Waals surface area contributed by atoms with Gasteiger partial charge in [-0.1, -0.05) is 0 Å². The summed E-state index contributed by atoms with van der Waals surface area (Å²) < 4.78 is 0. The molecule has 4 heteroatoms. The summed E-state index contributed by atoms with van der Waals surface area (Å²) in [6.45, 7) is 6.25. The van der Waals surface area contributed by atoms with Gasteiger partial charge in [-0.25, -0.2) is 12.2 Å². The summed E-state index contributed by atoms with van der Waals surface area (Å²) >= 11 is 0. The van der Waals surface area contributed by atoms with E-state index >= 15 is 0 Å². The van der Waals surface area contributed by atoms with Gasteiger partial charge in [-0.15, -0.1) is 37.4 Å². The fraction of sp³-hybridized carbons (Fsp3) is 0.222. The fourth-order valence-corrected chi connectivity index (χ4v) is 0.581. The second-order valence-corrected chi connectivity index (χ2v) is 3.32. The number of rotatable bonds is 0. The standard InChI is InChI=1S/C5H5.C4H4N.C4H9.5CH3.2ClH.Ti/c2*1-2-4-5-3-1;1-4(2)3;;;;;;;;/h1-3H,4H2;1-3,5H;1-3H3;5*1H3;2*1H;/q8*-1;;;. The van der Waals surface area contributed by atoms with E-state index in [9.17, 15) is 0 Å². The molecule has 0 aromatic carbocycles. The van der Waals surface area contributed by atoms with Gasteiger partial charge in [0.25, 0.3) is 0 Å². The molecule has 2 rings (SSSR count). The van der Waals surface area contributed by atoms with E-state index in [1.165, 1.54) is 5.92 Å². The van der Waals surface area contributed by atoms with E-state index in [0.29, 0.717) is 0 Å². The van der Waals surface area contributed by atoms with Gasteiger partial charge in [0, 0.05) is 21.7 Å². The molecule has 138 valence electrons. The zero-order valence-electron chi connectivity index (χ0n) is 15.5. The third kappa shape index (κ3) is 72.0. The first kappa shape index (κ1) is 57.4. The van der Waals surface area contributed by atoms with E-state index in [2.05, 4.69) is 44.1 Å². The third-order valence-electron chi connectivity index (χ3n) is 1.03. The van der Waals surface area contributed by atoms with Crippen LogP contribution in [-0.2, 0) is 21.7 Å². The van der Waals surface area contributed by atoms with Crippen LogP contribution < -0.4 is 0 Å². The van der Waals surface area contributed by atoms with E-state index in [1.54, 1.807) is 0 Å². The molecule has 1 N–H and O–H groups in total. The van der Waals surface area contributed by atoms with Crippen LogP contribution in [-0.4, -0.2) is 4.98 Å². The van der Waals surface area contributed by atoms with Gasteiger partial charge in [-0.2, -0.15) is 45.2 Å². The van der Waals surface area contributed by atoms with Crippen molar-refractivity contribution in [2.24, 2.45) is 0 Å². The Morgan fingerprint density at radius 3 is 1.50 bits per heavy atom. The Morgan fingerprint density at radius 2 is 1.41 bits per heavy atom. The molecule has 22 heavy (non-hydrogen) atoms. The molecular weight excluding hydrogens is 349 g/mol. The number of H-pyrrole nitrogens is 1. The number of hydrogen-bond acceptors (Lipinski definition) is 0. The van der Waals surface area contributed by atoms with Crippen molar-refractivity contribution in [3.8, 4) is 0 Å². The maximum absolute atomic E-state index is 2.99. The van der Waals surface area contributed by atoms with Crippen LogP contribution in [0.1, 0.15) is 27.2 Å². The predicted octanol–water partition coefficient (Wildman–Crippen LogP) is 6.83. The number of hydrogen-bond donors (Lipinski definition) is 1. The van der Waals surface area contributed by atoms with Gasteiger partial charge in [0.15, 0.2) is 0 Å². The first-order valence-electron chi connectivity index (χ1n) is 4.71. The van der Waals surface area contributed by atoms with Crippen LogP contribution in [0.5, 0.6) is 0 Å². The smallest absolute Gasteiger partial charge is 0 e. The molecule has 1 heterocycles. The summed E-state index contributed by atoms with van der Waals surface area (Å²) in [6.07, 6.45) is 14.6. The van der Waals surface area contributed by atoms with Crippen LogP contribution in [0.25, 0.3) is 0 Å². The van der Waals surface area contributed by atoms with Crippen molar-refractivity contribution >= 4 is 24.8 Å². The van der Waals surface area contributed by atoms with Crippen molar-refractivity contribution in [2.45, 2.75) is 27.2 Å². The Hall–Kier alpha value is 0.0543. The first-order valence-corrected chi connectivity index (χ1v) is 4.71. The average Bonchev–Trinajstić information content (AvgIpc) is 2.83. The second kappa shape index (κ2) is 49.7. The van der Waals surface area contributed by atoms with Crippen molar-refractivity contribution in [3.63, 3.8) is 0 Å². The molecule has 0 fully saturated rings. The Bertz CT molecular complexity index is 216. The van der Waals surface area contributed by atoms with Crippen molar-refractivity contribution in [1.29, 1.82) is 0 Å². The molecular formula is C18H35Cl2NTi-8. The van der Waals surface area contributed by atoms with Crippen molar-refractivity contribution in [3.05, 3.63) is 91.9 Å². The molecule has 1 aromatic heterocycles. The summed E-state index contributed by atoms with van der Waals surface area (Å²) in [5.74, 6) is 1.42. The van der Waals surface area contributed by atoms with Gasteiger partial charge in [0.2, 0.25) is 0 Å². The Balaban J connectivity index is -0.0000000140. The van der Waals surface area contributed by atoms with Crippen LogP contribution in [0.15, 0.2) is 36.6 Å². The molecule has 0 spiro atoms. The number of allylic oxidation sites excluding steroid dienone is 4. The third-order valence-corrected chi connectivity index (χ3v) is 1.03. The molecule has 1 aliphatic rings. The minimum atomic E-state index is 0. The molecule has 0 unspecified atom stereocenters. The van der Waals surface area contributed by atoms with Crippen molar-refractivity contribution < 1.29 is 21.7 Å². The summed E-state index contributed by atoms with van der Waals surface area (Å²) in [5.41, 5.74) is 0. The summed E-state index contributed by atoms with van der Waals surface area (Å²) in [5, 5.41) is 0. The average molecular weight is 384 g/mol. The minimum absolute atomic E-state index is 0. The Kier molecular flexibility index (Phi) is 130. The molecule has 0 radical (unpaired) electrons. The molecule has 0 amide bonds. The van der Waals surface area contributed by atoms with E-state index < -0.39 is 0 Å². The van der Waals surface area contributed by atoms with E-state index in [-0.39, 0.29) is 83.7 Å². The maximum atomic E-state index is 2.99. The van der Waals surface area contributed by atoms with Crippen molar-refractivity contribution in [1.82, 2.24) is 4.98 Å². The van der Waals surface area contributed by atoms with Gasteiger partial charge in [0.05, 0.1) is 0 Å². The normalized spacial score (nSPS) is 7.45. The summed E-state index contributed by atoms with van der Waals surface area (Å²) in [7, 11) is 0. The minimum Gasteiger partial charge on any atom is -0.484 e. The van der Waals surface area contributed by atoms with Crippen molar-refractivity contribution in [2.75, 3.05) is 0 Å². The number of aromatic amines is 1. The molecule has 0 atom stereocenters. The Labute approximate surface area is 170 Å². The van der Waals surface area contributed by atoms with Gasteiger partial charge in [0.1, 0.15) is 0 Å². The zero-order chi connectivity index (χ0) is 10.6. The van der Waals surface area contributed by atoms with E-state index in [4.69, 9.17) is 0 Å². The van der Waals surface area contributed by atoms with Crippen LogP contribution in [0.2, 0.25) is 0 Å². The van der Waals surface area contributed by atoms with Crippen LogP contribution in [0.4, 0.5) is 0 Å². The molecule has 0 saturated heterocycles. The molecule has 0 aliphatic heterocycles. The Morgan fingerprint density at radius 1 is 0.955 bits per heavy atom. The topological polar surface area (TPSA) is 15.8 Å². The van der Waals surface area contributed by atoms with Gasteiger partial charge < -0.3 is 48.0 Å². The molecule has 1 nitrogen and oxygen atoms in total. The number of aromatic nitrogens is 1. The second-order valence-electron chi connectivity index (χ2n) is 3.32. The molecule has 1 aromatic rings. The largest absolute Gasteiger partial charge is 0.484 e. The van der Waals surface area contributed by atoms with Gasteiger partial charge in [-0.3, -0.25) is 6.08 Å². The summed E-state index contributed by atoms with van der Waals surface area (Å²) in [6, 6.07) is 3.71. The van der Waals surface area contributed by atoms with Gasteiger partial charge >= 0.3 is 0 Å². The fourth-order valence-electron chi connectivity index (χ4n) is 0.581. The summed E-state index contributed by atoms with van der Waals surface area (Å²) in [4.78, 5) is 2.74. The number of nitrogens with one attached hydrogen (secondary N) is 1. The quantitative estimate of drug-likeness (QED) is 0.373. The zero-order valence-corrected chi connectivity index (χ0v) is 18.7. The molecule has 0 bridgehead atoms.